The van der Waals surface area contributed by atoms with Crippen molar-refractivity contribution < 1.29 is 14.5 Å². The van der Waals surface area contributed by atoms with Crippen LogP contribution in [0.3, 0.4) is 0 Å². The van der Waals surface area contributed by atoms with Crippen molar-refractivity contribution >= 4 is 40.5 Å². The average molecular weight is 355 g/mol. The van der Waals surface area contributed by atoms with Gasteiger partial charge >= 0.3 is 0 Å². The van der Waals surface area contributed by atoms with Crippen LogP contribution in [0.15, 0.2) is 42.5 Å². The average Bonchev–Trinajstić information content (AvgIpc) is 2.52. The molecule has 0 aliphatic rings. The maximum atomic E-state index is 12.1. The smallest absolute Gasteiger partial charge is 0.269 e. The van der Waals surface area contributed by atoms with Crippen molar-refractivity contribution in [3.05, 3.63) is 62.6 Å². The third kappa shape index (κ3) is 4.34. The second kappa shape index (κ2) is 7.30. The molecule has 0 saturated carbocycles. The number of nitrogens with one attached hydrogen (secondary N) is 1. The van der Waals surface area contributed by atoms with Crippen LogP contribution in [-0.4, -0.2) is 16.9 Å². The summed E-state index contributed by atoms with van der Waals surface area (Å²) in [6, 6.07) is 10.3. The van der Waals surface area contributed by atoms with Gasteiger partial charge in [0.25, 0.3) is 11.6 Å². The number of benzene rings is 2. The number of carbonyl (C=O) groups excluding carboxylic acids is 1. The zero-order valence-corrected chi connectivity index (χ0v) is 13.5. The van der Waals surface area contributed by atoms with Gasteiger partial charge in [-0.2, -0.15) is 0 Å². The zero-order valence-electron chi connectivity index (χ0n) is 12.0. The summed E-state index contributed by atoms with van der Waals surface area (Å²) in [7, 11) is 0. The Morgan fingerprint density at radius 3 is 2.48 bits per heavy atom. The van der Waals surface area contributed by atoms with Gasteiger partial charge in [-0.1, -0.05) is 29.3 Å². The molecule has 0 aliphatic heterocycles. The molecule has 120 valence electrons. The van der Waals surface area contributed by atoms with Crippen LogP contribution in [0.1, 0.15) is 6.92 Å². The first kappa shape index (κ1) is 17.1. The van der Waals surface area contributed by atoms with Crippen LogP contribution in [0.25, 0.3) is 0 Å². The lowest BCUT2D eigenvalue weighted by atomic mass is 10.2. The quantitative estimate of drug-likeness (QED) is 0.640. The predicted molar refractivity (Wildman–Crippen MR) is 88.3 cm³/mol. The highest BCUT2D eigenvalue weighted by molar-refractivity contribution is 6.44. The minimum absolute atomic E-state index is 0.0554. The molecule has 2 rings (SSSR count). The number of nitrogens with zero attached hydrogens (tertiary/aromatic N) is 1. The number of non-ortho nitro benzene ring substituents is 1. The maximum Gasteiger partial charge on any atom is 0.269 e. The molecule has 2 aromatic rings. The molecule has 0 fully saturated rings. The second-order valence-corrected chi connectivity index (χ2v) is 5.39. The topological polar surface area (TPSA) is 81.5 Å². The summed E-state index contributed by atoms with van der Waals surface area (Å²) in [6.07, 6.45) is -0.827. The van der Waals surface area contributed by atoms with Gasteiger partial charge in [0.15, 0.2) is 6.10 Å². The summed E-state index contributed by atoms with van der Waals surface area (Å²) in [5, 5.41) is 13.8. The van der Waals surface area contributed by atoms with Crippen LogP contribution in [0.2, 0.25) is 10.0 Å². The van der Waals surface area contributed by atoms with E-state index in [2.05, 4.69) is 5.32 Å². The molecule has 0 saturated heterocycles. The molecule has 0 unspecified atom stereocenters. The van der Waals surface area contributed by atoms with E-state index in [-0.39, 0.29) is 10.7 Å². The van der Waals surface area contributed by atoms with Crippen molar-refractivity contribution in [2.45, 2.75) is 13.0 Å². The number of ether oxygens (including phenoxy) is 1. The van der Waals surface area contributed by atoms with E-state index >= 15 is 0 Å². The third-order valence-corrected chi connectivity index (χ3v) is 3.76. The molecule has 8 heteroatoms. The molecule has 6 nitrogen and oxygen atoms in total. The molecule has 23 heavy (non-hydrogen) atoms. The molecule has 0 bridgehead atoms. The molecule has 0 aliphatic carbocycles. The maximum absolute atomic E-state index is 12.1. The minimum Gasteiger partial charge on any atom is -0.481 e. The highest BCUT2D eigenvalue weighted by Gasteiger charge is 2.17. The summed E-state index contributed by atoms with van der Waals surface area (Å²) in [6.45, 7) is 1.55. The predicted octanol–water partition coefficient (Wildman–Crippen LogP) is 4.31. The van der Waals surface area contributed by atoms with Crippen LogP contribution in [-0.2, 0) is 4.79 Å². The van der Waals surface area contributed by atoms with E-state index in [0.717, 1.165) is 0 Å². The number of anilines is 1. The van der Waals surface area contributed by atoms with E-state index in [0.29, 0.717) is 16.5 Å². The van der Waals surface area contributed by atoms with Gasteiger partial charge in [0, 0.05) is 12.1 Å². The molecular formula is C15H12Cl2N2O4. The highest BCUT2D eigenvalue weighted by atomic mass is 35.5. The Hall–Kier alpha value is -2.31. The Labute approximate surface area is 142 Å². The van der Waals surface area contributed by atoms with E-state index in [1.807, 2.05) is 0 Å². The van der Waals surface area contributed by atoms with Crippen molar-refractivity contribution in [3.63, 3.8) is 0 Å². The van der Waals surface area contributed by atoms with E-state index < -0.39 is 16.9 Å². The summed E-state index contributed by atoms with van der Waals surface area (Å²) in [5.74, 6) is -0.0806. The van der Waals surface area contributed by atoms with Crippen LogP contribution >= 0.6 is 23.2 Å². The number of rotatable bonds is 5. The summed E-state index contributed by atoms with van der Waals surface area (Å²) in [5.41, 5.74) is 0.323. The fraction of sp³-hybridized carbons (Fsp3) is 0.133. The van der Waals surface area contributed by atoms with Crippen molar-refractivity contribution in [1.29, 1.82) is 0 Å². The fourth-order valence-corrected chi connectivity index (χ4v) is 2.09. The second-order valence-electron chi connectivity index (χ2n) is 4.60. The third-order valence-electron chi connectivity index (χ3n) is 2.94. The molecule has 0 spiro atoms. The SMILES string of the molecule is C[C@@H](Oc1ccc([N+](=O)[O-])cc1)C(=O)Nc1cccc(Cl)c1Cl. The normalized spacial score (nSPS) is 11.6. The number of halogens is 2. The molecule has 0 aromatic heterocycles. The Bertz CT molecular complexity index is 735. The monoisotopic (exact) mass is 354 g/mol. The summed E-state index contributed by atoms with van der Waals surface area (Å²) < 4.78 is 5.44. The molecule has 0 radical (unpaired) electrons. The fourth-order valence-electron chi connectivity index (χ4n) is 1.74. The minimum atomic E-state index is -0.827. The molecule has 2 aromatic carbocycles. The number of carbonyl (C=O) groups is 1. The molecule has 1 N–H and O–H groups in total. The lowest BCUT2D eigenvalue weighted by molar-refractivity contribution is -0.384. The van der Waals surface area contributed by atoms with Crippen molar-refractivity contribution in [1.82, 2.24) is 0 Å². The van der Waals surface area contributed by atoms with Crippen LogP contribution in [0.4, 0.5) is 11.4 Å². The summed E-state index contributed by atoms with van der Waals surface area (Å²) in [4.78, 5) is 22.2. The molecule has 1 atom stereocenters. The highest BCUT2D eigenvalue weighted by Crippen LogP contribution is 2.29. The van der Waals surface area contributed by atoms with Gasteiger partial charge in [-0.15, -0.1) is 0 Å². The van der Waals surface area contributed by atoms with Crippen LogP contribution < -0.4 is 10.1 Å². The lowest BCUT2D eigenvalue weighted by Gasteiger charge is -2.15. The van der Waals surface area contributed by atoms with E-state index in [9.17, 15) is 14.9 Å². The molecule has 0 heterocycles. The van der Waals surface area contributed by atoms with Gasteiger partial charge in [0.1, 0.15) is 5.75 Å². The van der Waals surface area contributed by atoms with E-state index in [1.54, 1.807) is 25.1 Å². The van der Waals surface area contributed by atoms with Gasteiger partial charge in [-0.05, 0) is 31.2 Å². The van der Waals surface area contributed by atoms with Gasteiger partial charge in [-0.3, -0.25) is 14.9 Å². The van der Waals surface area contributed by atoms with Crippen LogP contribution in [0.5, 0.6) is 5.75 Å². The summed E-state index contributed by atoms with van der Waals surface area (Å²) >= 11 is 11.9. The Morgan fingerprint density at radius 2 is 1.87 bits per heavy atom. The Morgan fingerprint density at radius 1 is 1.22 bits per heavy atom. The first-order valence-electron chi connectivity index (χ1n) is 6.54. The lowest BCUT2D eigenvalue weighted by Crippen LogP contribution is -2.30. The van der Waals surface area contributed by atoms with E-state index in [4.69, 9.17) is 27.9 Å². The van der Waals surface area contributed by atoms with Gasteiger partial charge < -0.3 is 10.1 Å². The first-order valence-corrected chi connectivity index (χ1v) is 7.30. The number of amides is 1. The van der Waals surface area contributed by atoms with Crippen molar-refractivity contribution in [2.24, 2.45) is 0 Å². The molecular weight excluding hydrogens is 343 g/mol. The van der Waals surface area contributed by atoms with Crippen molar-refractivity contribution in [2.75, 3.05) is 5.32 Å². The van der Waals surface area contributed by atoms with Gasteiger partial charge in [0.05, 0.1) is 20.7 Å². The first-order chi connectivity index (χ1) is 10.9. The molecule has 1 amide bonds. The van der Waals surface area contributed by atoms with Crippen molar-refractivity contribution in [3.8, 4) is 5.75 Å². The zero-order chi connectivity index (χ0) is 17.0. The number of hydrogen-bond acceptors (Lipinski definition) is 4. The van der Waals surface area contributed by atoms with Gasteiger partial charge in [-0.25, -0.2) is 0 Å². The Balaban J connectivity index is 2.02. The standard InChI is InChI=1S/C15H12Cl2N2O4/c1-9(23-11-7-5-10(6-8-11)19(21)22)15(20)18-13-4-2-3-12(16)14(13)17/h2-9H,1H3,(H,18,20)/t9-/m1/s1. The largest absolute Gasteiger partial charge is 0.481 e. The van der Waals surface area contributed by atoms with Crippen LogP contribution in [0, 0.1) is 10.1 Å². The number of nitro benzene ring substituents is 1. The van der Waals surface area contributed by atoms with Gasteiger partial charge in [0.2, 0.25) is 0 Å². The Kier molecular flexibility index (Phi) is 5.41. The number of nitro groups is 1. The number of hydrogen-bond donors (Lipinski definition) is 1. The van der Waals surface area contributed by atoms with E-state index in [1.165, 1.54) is 24.3 Å².